The SMILES string of the molecule is CCCOc1ccc(/C(O)=C2/C(=O)C(=O)N(CCCN(C)C)C2c2ccc(OC)c(O)c2)cc1C. The summed E-state index contributed by atoms with van der Waals surface area (Å²) >= 11 is 0. The Morgan fingerprint density at radius 1 is 1.11 bits per heavy atom. The Labute approximate surface area is 206 Å². The molecule has 1 aliphatic heterocycles. The zero-order valence-electron chi connectivity index (χ0n) is 21.0. The number of phenolic OH excluding ortho intramolecular Hbond substituents is 1. The fourth-order valence-electron chi connectivity index (χ4n) is 4.22. The topological polar surface area (TPSA) is 99.5 Å². The summed E-state index contributed by atoms with van der Waals surface area (Å²) in [7, 11) is 5.31. The maximum absolute atomic E-state index is 13.2. The van der Waals surface area contributed by atoms with Gasteiger partial charge in [-0.05, 0) is 81.9 Å². The number of hydrogen-bond acceptors (Lipinski definition) is 7. The van der Waals surface area contributed by atoms with Gasteiger partial charge in [0.25, 0.3) is 11.7 Å². The van der Waals surface area contributed by atoms with E-state index in [0.29, 0.717) is 36.4 Å². The van der Waals surface area contributed by atoms with Gasteiger partial charge in [0.05, 0.1) is 25.3 Å². The maximum atomic E-state index is 13.2. The number of ether oxygens (including phenoxy) is 2. The highest BCUT2D eigenvalue weighted by Gasteiger charge is 2.46. The number of likely N-dealkylation sites (tertiary alicyclic amines) is 1. The molecule has 3 rings (SSSR count). The maximum Gasteiger partial charge on any atom is 0.295 e. The molecular weight excluding hydrogens is 448 g/mol. The lowest BCUT2D eigenvalue weighted by Crippen LogP contribution is -2.32. The molecule has 0 bridgehead atoms. The van der Waals surface area contributed by atoms with Crippen LogP contribution in [0, 0.1) is 6.92 Å². The number of aliphatic hydroxyl groups is 1. The van der Waals surface area contributed by atoms with Gasteiger partial charge in [0.1, 0.15) is 11.5 Å². The second-order valence-corrected chi connectivity index (χ2v) is 8.91. The summed E-state index contributed by atoms with van der Waals surface area (Å²) in [6.45, 7) is 5.50. The fraction of sp³-hybridized carbons (Fsp3) is 0.407. The molecule has 1 heterocycles. The average molecular weight is 483 g/mol. The monoisotopic (exact) mass is 482 g/mol. The van der Waals surface area contributed by atoms with Gasteiger partial charge in [-0.25, -0.2) is 0 Å². The van der Waals surface area contributed by atoms with Crippen molar-refractivity contribution in [3.63, 3.8) is 0 Å². The highest BCUT2D eigenvalue weighted by atomic mass is 16.5. The van der Waals surface area contributed by atoms with E-state index in [2.05, 4.69) is 0 Å². The van der Waals surface area contributed by atoms with Crippen molar-refractivity contribution < 1.29 is 29.3 Å². The first-order valence-corrected chi connectivity index (χ1v) is 11.7. The molecule has 1 amide bonds. The van der Waals surface area contributed by atoms with Crippen LogP contribution in [0.3, 0.4) is 0 Å². The number of methoxy groups -OCH3 is 1. The summed E-state index contributed by atoms with van der Waals surface area (Å²) in [5, 5.41) is 21.7. The van der Waals surface area contributed by atoms with Crippen molar-refractivity contribution in [2.45, 2.75) is 32.7 Å². The normalized spacial score (nSPS) is 17.3. The Hall–Kier alpha value is -3.52. The Morgan fingerprint density at radius 3 is 2.43 bits per heavy atom. The van der Waals surface area contributed by atoms with Crippen LogP contribution in [0.4, 0.5) is 0 Å². The van der Waals surface area contributed by atoms with E-state index in [1.54, 1.807) is 30.3 Å². The molecule has 1 saturated heterocycles. The Morgan fingerprint density at radius 2 is 1.83 bits per heavy atom. The zero-order valence-corrected chi connectivity index (χ0v) is 21.0. The van der Waals surface area contributed by atoms with Crippen LogP contribution >= 0.6 is 0 Å². The summed E-state index contributed by atoms with van der Waals surface area (Å²) in [6.07, 6.45) is 1.51. The standard InChI is InChI=1S/C27H34N2O6/c1-6-14-35-21-10-9-19(15-17(21)2)25(31)23-24(18-8-11-22(34-5)20(30)16-18)29(27(33)26(23)32)13-7-12-28(3)4/h8-11,15-16,24,30-31H,6-7,12-14H2,1-5H3/b25-23-. The summed E-state index contributed by atoms with van der Waals surface area (Å²) in [6, 6.07) is 9.06. The molecule has 2 aromatic rings. The molecule has 0 spiro atoms. The van der Waals surface area contributed by atoms with Gasteiger partial charge in [-0.15, -0.1) is 0 Å². The van der Waals surface area contributed by atoms with Crippen molar-refractivity contribution >= 4 is 17.4 Å². The Kier molecular flexibility index (Phi) is 8.40. The summed E-state index contributed by atoms with van der Waals surface area (Å²) in [4.78, 5) is 29.7. The quantitative estimate of drug-likeness (QED) is 0.301. The third-order valence-electron chi connectivity index (χ3n) is 5.97. The number of amides is 1. The van der Waals surface area contributed by atoms with Gasteiger partial charge < -0.3 is 29.5 Å². The molecule has 2 aromatic carbocycles. The molecule has 2 N–H and O–H groups in total. The first kappa shape index (κ1) is 26.1. The minimum absolute atomic E-state index is 0.00829. The van der Waals surface area contributed by atoms with E-state index in [9.17, 15) is 19.8 Å². The molecule has 1 aliphatic rings. The molecule has 1 fully saturated rings. The average Bonchev–Trinajstić information content (AvgIpc) is 3.07. The molecule has 1 unspecified atom stereocenters. The number of carbonyl (C=O) groups excluding carboxylic acids is 2. The predicted octanol–water partition coefficient (Wildman–Crippen LogP) is 3.87. The third kappa shape index (κ3) is 5.59. The van der Waals surface area contributed by atoms with Crippen molar-refractivity contribution in [1.82, 2.24) is 9.80 Å². The molecule has 188 valence electrons. The Balaban J connectivity index is 2.09. The first-order valence-electron chi connectivity index (χ1n) is 11.7. The number of ketones is 1. The Bertz CT molecular complexity index is 1120. The van der Waals surface area contributed by atoms with Crippen molar-refractivity contribution in [1.29, 1.82) is 0 Å². The number of aromatic hydroxyl groups is 1. The number of rotatable bonds is 10. The summed E-state index contributed by atoms with van der Waals surface area (Å²) < 4.78 is 10.9. The van der Waals surface area contributed by atoms with Crippen LogP contribution in [-0.4, -0.2) is 72.6 Å². The molecule has 8 heteroatoms. The minimum Gasteiger partial charge on any atom is -0.507 e. The van der Waals surface area contributed by atoms with Crippen molar-refractivity contribution in [2.75, 3.05) is 40.9 Å². The van der Waals surface area contributed by atoms with Crippen LogP contribution in [0.15, 0.2) is 42.0 Å². The number of phenols is 1. The van der Waals surface area contributed by atoms with Gasteiger partial charge in [-0.1, -0.05) is 13.0 Å². The third-order valence-corrected chi connectivity index (χ3v) is 5.97. The highest BCUT2D eigenvalue weighted by molar-refractivity contribution is 6.46. The fourth-order valence-corrected chi connectivity index (χ4v) is 4.22. The number of benzene rings is 2. The predicted molar refractivity (Wildman–Crippen MR) is 134 cm³/mol. The second kappa shape index (κ2) is 11.3. The molecule has 0 aromatic heterocycles. The molecule has 0 aliphatic carbocycles. The van der Waals surface area contributed by atoms with Crippen molar-refractivity contribution in [3.8, 4) is 17.2 Å². The summed E-state index contributed by atoms with van der Waals surface area (Å²) in [5.41, 5.74) is 1.72. The van der Waals surface area contributed by atoms with Crippen LogP contribution in [0.5, 0.6) is 17.2 Å². The zero-order chi connectivity index (χ0) is 25.7. The number of nitrogens with zero attached hydrogens (tertiary/aromatic N) is 2. The minimum atomic E-state index is -0.842. The van der Waals surface area contributed by atoms with Gasteiger partial charge in [0, 0.05) is 12.1 Å². The number of carbonyl (C=O) groups is 2. The molecule has 35 heavy (non-hydrogen) atoms. The van der Waals surface area contributed by atoms with E-state index in [4.69, 9.17) is 9.47 Å². The van der Waals surface area contributed by atoms with Gasteiger partial charge in [-0.2, -0.15) is 0 Å². The van der Waals surface area contributed by atoms with Gasteiger partial charge >= 0.3 is 0 Å². The largest absolute Gasteiger partial charge is 0.507 e. The van der Waals surface area contributed by atoms with E-state index in [1.165, 1.54) is 18.1 Å². The van der Waals surface area contributed by atoms with E-state index >= 15 is 0 Å². The smallest absolute Gasteiger partial charge is 0.295 e. The lowest BCUT2D eigenvalue weighted by Gasteiger charge is -2.26. The van der Waals surface area contributed by atoms with Crippen molar-refractivity contribution in [3.05, 3.63) is 58.7 Å². The van der Waals surface area contributed by atoms with Crippen LogP contribution in [0.1, 0.15) is 42.5 Å². The molecular formula is C27H34N2O6. The first-order chi connectivity index (χ1) is 16.7. The van der Waals surface area contributed by atoms with Crippen LogP contribution in [0.2, 0.25) is 0 Å². The van der Waals surface area contributed by atoms with Crippen LogP contribution < -0.4 is 9.47 Å². The molecule has 0 saturated carbocycles. The number of hydrogen-bond donors (Lipinski definition) is 2. The van der Waals surface area contributed by atoms with Gasteiger partial charge in [0.2, 0.25) is 0 Å². The van der Waals surface area contributed by atoms with Crippen LogP contribution in [-0.2, 0) is 9.59 Å². The second-order valence-electron chi connectivity index (χ2n) is 8.91. The molecule has 1 atom stereocenters. The number of Topliss-reactive ketones (excluding diaryl/α,β-unsaturated/α-hetero) is 1. The molecule has 8 nitrogen and oxygen atoms in total. The molecule has 0 radical (unpaired) electrons. The lowest BCUT2D eigenvalue weighted by atomic mass is 9.94. The van der Waals surface area contributed by atoms with Gasteiger partial charge in [0.15, 0.2) is 11.5 Å². The van der Waals surface area contributed by atoms with Crippen molar-refractivity contribution in [2.24, 2.45) is 0 Å². The van der Waals surface area contributed by atoms with E-state index in [0.717, 1.165) is 18.5 Å². The van der Waals surface area contributed by atoms with E-state index in [-0.39, 0.29) is 22.8 Å². The number of aryl methyl sites for hydroxylation is 1. The number of aliphatic hydroxyl groups excluding tert-OH is 1. The van der Waals surface area contributed by atoms with Crippen LogP contribution in [0.25, 0.3) is 5.76 Å². The van der Waals surface area contributed by atoms with Gasteiger partial charge in [-0.3, -0.25) is 9.59 Å². The van der Waals surface area contributed by atoms with E-state index < -0.39 is 17.7 Å². The van der Waals surface area contributed by atoms with E-state index in [1.807, 2.05) is 32.8 Å². The summed E-state index contributed by atoms with van der Waals surface area (Å²) in [5.74, 6) is -0.830. The lowest BCUT2D eigenvalue weighted by molar-refractivity contribution is -0.139. The highest BCUT2D eigenvalue weighted by Crippen LogP contribution is 2.42.